The SMILES string of the molecule is CN(CC(=O)Nc1cccc2cccnc12)Cc1ccccc1. The molecular formula is C19H19N3O. The number of hydrogen-bond donors (Lipinski definition) is 1. The van der Waals surface area contributed by atoms with Crippen molar-refractivity contribution in [2.75, 3.05) is 18.9 Å². The minimum Gasteiger partial charge on any atom is -0.323 e. The molecule has 116 valence electrons. The van der Waals surface area contributed by atoms with Crippen molar-refractivity contribution >= 4 is 22.5 Å². The van der Waals surface area contributed by atoms with Gasteiger partial charge in [-0.05, 0) is 24.7 Å². The average molecular weight is 305 g/mol. The molecule has 0 fully saturated rings. The molecule has 1 amide bonds. The zero-order valence-electron chi connectivity index (χ0n) is 13.1. The fraction of sp³-hybridized carbons (Fsp3) is 0.158. The van der Waals surface area contributed by atoms with Gasteiger partial charge < -0.3 is 5.32 Å². The van der Waals surface area contributed by atoms with Crippen molar-refractivity contribution in [1.82, 2.24) is 9.88 Å². The number of fused-ring (bicyclic) bond motifs is 1. The third-order valence-electron chi connectivity index (χ3n) is 3.62. The van der Waals surface area contributed by atoms with E-state index in [1.807, 2.05) is 60.5 Å². The number of pyridine rings is 1. The van der Waals surface area contributed by atoms with Crippen molar-refractivity contribution in [3.63, 3.8) is 0 Å². The Morgan fingerprint density at radius 3 is 2.65 bits per heavy atom. The minimum atomic E-state index is -0.0402. The molecule has 0 aliphatic heterocycles. The molecule has 0 aliphatic carbocycles. The summed E-state index contributed by atoms with van der Waals surface area (Å²) in [5.41, 5.74) is 2.75. The van der Waals surface area contributed by atoms with E-state index in [2.05, 4.69) is 22.4 Å². The van der Waals surface area contributed by atoms with Crippen molar-refractivity contribution < 1.29 is 4.79 Å². The smallest absolute Gasteiger partial charge is 0.238 e. The minimum absolute atomic E-state index is 0.0402. The standard InChI is InChI=1S/C19H19N3O/c1-22(13-15-7-3-2-4-8-15)14-18(23)21-17-11-5-9-16-10-6-12-20-19(16)17/h2-12H,13-14H2,1H3,(H,21,23). The molecule has 0 saturated carbocycles. The van der Waals surface area contributed by atoms with Crippen LogP contribution in [0.5, 0.6) is 0 Å². The summed E-state index contributed by atoms with van der Waals surface area (Å²) in [4.78, 5) is 18.6. The zero-order chi connectivity index (χ0) is 16.1. The monoisotopic (exact) mass is 305 g/mol. The van der Waals surface area contributed by atoms with Crippen molar-refractivity contribution in [3.8, 4) is 0 Å². The van der Waals surface area contributed by atoms with Crippen molar-refractivity contribution in [3.05, 3.63) is 72.4 Å². The van der Waals surface area contributed by atoms with Gasteiger partial charge in [0, 0.05) is 18.1 Å². The normalized spacial score (nSPS) is 10.9. The maximum atomic E-state index is 12.3. The van der Waals surface area contributed by atoms with Crippen LogP contribution in [-0.4, -0.2) is 29.4 Å². The Bertz CT molecular complexity index is 797. The molecule has 0 radical (unpaired) electrons. The first-order chi connectivity index (χ1) is 11.2. The van der Waals surface area contributed by atoms with Crippen LogP contribution < -0.4 is 5.32 Å². The second-order valence-electron chi connectivity index (χ2n) is 5.59. The van der Waals surface area contributed by atoms with E-state index >= 15 is 0 Å². The lowest BCUT2D eigenvalue weighted by atomic mass is 10.2. The van der Waals surface area contributed by atoms with Crippen LogP contribution in [-0.2, 0) is 11.3 Å². The van der Waals surface area contributed by atoms with E-state index in [1.54, 1.807) is 6.20 Å². The van der Waals surface area contributed by atoms with Crippen LogP contribution in [0.1, 0.15) is 5.56 Å². The van der Waals surface area contributed by atoms with Gasteiger partial charge in [-0.2, -0.15) is 0 Å². The molecule has 0 spiro atoms. The highest BCUT2D eigenvalue weighted by molar-refractivity contribution is 6.00. The highest BCUT2D eigenvalue weighted by atomic mass is 16.2. The summed E-state index contributed by atoms with van der Waals surface area (Å²) in [6, 6.07) is 19.8. The molecule has 4 nitrogen and oxygen atoms in total. The van der Waals surface area contributed by atoms with Crippen LogP contribution in [0, 0.1) is 0 Å². The number of carbonyl (C=O) groups is 1. The summed E-state index contributed by atoms with van der Waals surface area (Å²) in [6.45, 7) is 1.07. The molecule has 0 saturated heterocycles. The molecule has 1 heterocycles. The van der Waals surface area contributed by atoms with E-state index in [-0.39, 0.29) is 5.91 Å². The first kappa shape index (κ1) is 15.2. The Hall–Kier alpha value is -2.72. The topological polar surface area (TPSA) is 45.2 Å². The molecule has 0 bridgehead atoms. The largest absolute Gasteiger partial charge is 0.323 e. The summed E-state index contributed by atoms with van der Waals surface area (Å²) in [6.07, 6.45) is 1.74. The molecule has 2 aromatic carbocycles. The molecule has 3 aromatic rings. The number of para-hydroxylation sites is 1. The first-order valence-corrected chi connectivity index (χ1v) is 7.58. The predicted octanol–water partition coefficient (Wildman–Crippen LogP) is 3.31. The van der Waals surface area contributed by atoms with E-state index < -0.39 is 0 Å². The number of rotatable bonds is 5. The lowest BCUT2D eigenvalue weighted by Gasteiger charge is -2.16. The van der Waals surface area contributed by atoms with Gasteiger partial charge in [0.15, 0.2) is 0 Å². The van der Waals surface area contributed by atoms with Gasteiger partial charge in [0.25, 0.3) is 0 Å². The number of likely N-dealkylation sites (N-methyl/N-ethyl adjacent to an activating group) is 1. The first-order valence-electron chi connectivity index (χ1n) is 7.58. The number of carbonyl (C=O) groups excluding carboxylic acids is 1. The second-order valence-corrected chi connectivity index (χ2v) is 5.59. The molecule has 0 aliphatic rings. The van der Waals surface area contributed by atoms with Crippen molar-refractivity contribution in [2.24, 2.45) is 0 Å². The van der Waals surface area contributed by atoms with Gasteiger partial charge in [-0.15, -0.1) is 0 Å². The summed E-state index contributed by atoms with van der Waals surface area (Å²) >= 11 is 0. The lowest BCUT2D eigenvalue weighted by molar-refractivity contribution is -0.117. The van der Waals surface area contributed by atoms with E-state index in [0.29, 0.717) is 6.54 Å². The number of amides is 1. The van der Waals surface area contributed by atoms with E-state index in [4.69, 9.17) is 0 Å². The fourth-order valence-electron chi connectivity index (χ4n) is 2.59. The third kappa shape index (κ3) is 3.93. The van der Waals surface area contributed by atoms with Gasteiger partial charge in [-0.3, -0.25) is 14.7 Å². The fourth-order valence-corrected chi connectivity index (χ4v) is 2.59. The van der Waals surface area contributed by atoms with Crippen LogP contribution in [0.2, 0.25) is 0 Å². The number of nitrogens with zero attached hydrogens (tertiary/aromatic N) is 2. The van der Waals surface area contributed by atoms with Crippen molar-refractivity contribution in [2.45, 2.75) is 6.54 Å². The summed E-state index contributed by atoms with van der Waals surface area (Å²) in [5.74, 6) is -0.0402. The van der Waals surface area contributed by atoms with Crippen LogP contribution in [0.15, 0.2) is 66.9 Å². The third-order valence-corrected chi connectivity index (χ3v) is 3.62. The Morgan fingerprint density at radius 2 is 1.83 bits per heavy atom. The molecule has 0 unspecified atom stereocenters. The molecule has 23 heavy (non-hydrogen) atoms. The highest BCUT2D eigenvalue weighted by Crippen LogP contribution is 2.20. The maximum absolute atomic E-state index is 12.3. The maximum Gasteiger partial charge on any atom is 0.238 e. The molecule has 3 rings (SSSR count). The van der Waals surface area contributed by atoms with Gasteiger partial charge >= 0.3 is 0 Å². The Balaban J connectivity index is 1.64. The van der Waals surface area contributed by atoms with Crippen LogP contribution in [0.25, 0.3) is 10.9 Å². The molecule has 1 aromatic heterocycles. The molecule has 1 N–H and O–H groups in total. The van der Waals surface area contributed by atoms with Gasteiger partial charge in [0.05, 0.1) is 17.7 Å². The van der Waals surface area contributed by atoms with E-state index in [1.165, 1.54) is 5.56 Å². The van der Waals surface area contributed by atoms with Gasteiger partial charge in [-0.25, -0.2) is 0 Å². The number of nitrogens with one attached hydrogen (secondary N) is 1. The van der Waals surface area contributed by atoms with Gasteiger partial charge in [-0.1, -0.05) is 48.5 Å². The summed E-state index contributed by atoms with van der Waals surface area (Å²) in [7, 11) is 1.94. The number of benzene rings is 2. The number of aromatic nitrogens is 1. The van der Waals surface area contributed by atoms with E-state index in [0.717, 1.165) is 23.1 Å². The quantitative estimate of drug-likeness (QED) is 0.786. The molecule has 4 heteroatoms. The van der Waals surface area contributed by atoms with Crippen LogP contribution in [0.4, 0.5) is 5.69 Å². The highest BCUT2D eigenvalue weighted by Gasteiger charge is 2.09. The van der Waals surface area contributed by atoms with E-state index in [9.17, 15) is 4.79 Å². The Labute approximate surface area is 135 Å². The zero-order valence-corrected chi connectivity index (χ0v) is 13.1. The van der Waals surface area contributed by atoms with Gasteiger partial charge in [0.2, 0.25) is 5.91 Å². The van der Waals surface area contributed by atoms with Crippen LogP contribution in [0.3, 0.4) is 0 Å². The lowest BCUT2D eigenvalue weighted by Crippen LogP contribution is -2.29. The average Bonchev–Trinajstić information content (AvgIpc) is 2.56. The Kier molecular flexibility index (Phi) is 4.64. The molecule has 0 atom stereocenters. The van der Waals surface area contributed by atoms with Gasteiger partial charge in [0.1, 0.15) is 0 Å². The summed E-state index contributed by atoms with van der Waals surface area (Å²) < 4.78 is 0. The van der Waals surface area contributed by atoms with Crippen molar-refractivity contribution in [1.29, 1.82) is 0 Å². The number of hydrogen-bond acceptors (Lipinski definition) is 3. The number of anilines is 1. The van der Waals surface area contributed by atoms with Crippen LogP contribution >= 0.6 is 0 Å². The molecular weight excluding hydrogens is 286 g/mol. The predicted molar refractivity (Wildman–Crippen MR) is 93.1 cm³/mol. The Morgan fingerprint density at radius 1 is 1.04 bits per heavy atom. The summed E-state index contributed by atoms with van der Waals surface area (Å²) in [5, 5.41) is 3.98. The second kappa shape index (κ2) is 7.03.